The Bertz CT molecular complexity index is 1450. The van der Waals surface area contributed by atoms with Crippen molar-refractivity contribution in [3.63, 3.8) is 0 Å². The number of carbonyl (C=O) groups excluding carboxylic acids is 2. The van der Waals surface area contributed by atoms with Gasteiger partial charge in [-0.1, -0.05) is 24.2 Å². The van der Waals surface area contributed by atoms with Gasteiger partial charge in [0.25, 0.3) is 5.91 Å². The molecule has 178 valence electrons. The number of halogens is 1. The lowest BCUT2D eigenvalue weighted by molar-refractivity contribution is -0.125. The Morgan fingerprint density at radius 2 is 2.14 bits per heavy atom. The van der Waals surface area contributed by atoms with E-state index in [1.54, 1.807) is 18.3 Å². The zero-order valence-electron chi connectivity index (χ0n) is 18.7. The average Bonchev–Trinajstić information content (AvgIpc) is 3.62. The molecule has 1 saturated heterocycles. The number of rotatable bonds is 5. The Morgan fingerprint density at radius 3 is 2.91 bits per heavy atom. The summed E-state index contributed by atoms with van der Waals surface area (Å²) < 4.78 is 7.43. The van der Waals surface area contributed by atoms with Crippen molar-refractivity contribution in [2.75, 3.05) is 18.4 Å². The topological polar surface area (TPSA) is 93.3 Å². The normalized spacial score (nSPS) is 21.4. The molecule has 8 nitrogen and oxygen atoms in total. The third-order valence-electron chi connectivity index (χ3n) is 7.03. The van der Waals surface area contributed by atoms with Crippen LogP contribution in [-0.4, -0.2) is 44.3 Å². The number of thiophene rings is 1. The number of oxazole rings is 1. The zero-order valence-corrected chi connectivity index (χ0v) is 20.3. The van der Waals surface area contributed by atoms with Gasteiger partial charge in [-0.2, -0.15) is 0 Å². The number of hydrogen-bond donors (Lipinski definition) is 1. The van der Waals surface area contributed by atoms with E-state index in [2.05, 4.69) is 21.4 Å². The number of carbonyl (C=O) groups is 2. The minimum atomic E-state index is -0.244. The highest BCUT2D eigenvalue weighted by molar-refractivity contribution is 7.17. The summed E-state index contributed by atoms with van der Waals surface area (Å²) in [5, 5.41) is 3.55. The monoisotopic (exact) mass is 507 g/mol. The summed E-state index contributed by atoms with van der Waals surface area (Å²) in [7, 11) is 0. The van der Waals surface area contributed by atoms with Crippen molar-refractivity contribution in [3.8, 4) is 10.6 Å². The number of anilines is 1. The number of fused-ring (bicyclic) bond motifs is 1. The quantitative estimate of drug-likeness (QED) is 0.365. The van der Waals surface area contributed by atoms with Crippen molar-refractivity contribution in [2.45, 2.75) is 25.3 Å². The highest BCUT2D eigenvalue weighted by Gasteiger charge is 2.50. The molecule has 2 aliphatic rings. The molecule has 35 heavy (non-hydrogen) atoms. The average molecular weight is 508 g/mol. The second-order valence-corrected chi connectivity index (χ2v) is 10.7. The lowest BCUT2D eigenvalue weighted by Gasteiger charge is -2.46. The van der Waals surface area contributed by atoms with E-state index in [1.165, 1.54) is 23.8 Å². The highest BCUT2D eigenvalue weighted by atomic mass is 35.5. The summed E-state index contributed by atoms with van der Waals surface area (Å²) in [6.45, 7) is 5.10. The van der Waals surface area contributed by atoms with Crippen LogP contribution >= 0.6 is 22.9 Å². The van der Waals surface area contributed by atoms with E-state index < -0.39 is 0 Å². The van der Waals surface area contributed by atoms with Crippen LogP contribution in [0.3, 0.4) is 0 Å². The fourth-order valence-electron chi connectivity index (χ4n) is 5.34. The van der Waals surface area contributed by atoms with Crippen molar-refractivity contribution < 1.29 is 14.0 Å². The van der Waals surface area contributed by atoms with Gasteiger partial charge in [0.1, 0.15) is 5.52 Å². The van der Waals surface area contributed by atoms with Crippen LogP contribution in [0.4, 0.5) is 5.95 Å². The molecule has 1 aliphatic heterocycles. The van der Waals surface area contributed by atoms with Crippen LogP contribution in [0.25, 0.3) is 21.7 Å². The molecule has 4 aromatic rings. The third kappa shape index (κ3) is 3.75. The molecule has 1 aromatic carbocycles. The fourth-order valence-corrected chi connectivity index (χ4v) is 6.41. The maximum atomic E-state index is 13.2. The van der Waals surface area contributed by atoms with E-state index in [0.717, 1.165) is 42.7 Å². The minimum absolute atomic E-state index is 0.0150. The van der Waals surface area contributed by atoms with Crippen molar-refractivity contribution in [2.24, 2.45) is 5.41 Å². The van der Waals surface area contributed by atoms with Gasteiger partial charge in [0, 0.05) is 19.1 Å². The van der Waals surface area contributed by atoms with Gasteiger partial charge in [-0.15, -0.1) is 11.3 Å². The third-order valence-corrected chi connectivity index (χ3v) is 8.43. The molecule has 6 rings (SSSR count). The molecular formula is C25H22ClN5O3S. The molecule has 1 spiro atoms. The molecule has 0 bridgehead atoms. The Kier molecular flexibility index (Phi) is 5.26. The predicted molar refractivity (Wildman–Crippen MR) is 135 cm³/mol. The Hall–Kier alpha value is -3.43. The number of likely N-dealkylation sites (tertiary alicyclic amines) is 1. The molecule has 10 heteroatoms. The van der Waals surface area contributed by atoms with E-state index in [0.29, 0.717) is 27.1 Å². The number of hydrogen-bond acceptors (Lipinski definition) is 6. The minimum Gasteiger partial charge on any atom is -0.443 e. The summed E-state index contributed by atoms with van der Waals surface area (Å²) >= 11 is 7.78. The lowest BCUT2D eigenvalue weighted by Crippen LogP contribution is -2.42. The molecule has 4 heterocycles. The number of nitrogens with zero attached hydrogens (tertiary/aromatic N) is 4. The maximum absolute atomic E-state index is 13.2. The highest BCUT2D eigenvalue weighted by Crippen LogP contribution is 2.55. The number of para-hydroxylation sites is 1. The van der Waals surface area contributed by atoms with E-state index in [1.807, 2.05) is 23.1 Å². The second-order valence-electron chi connectivity index (χ2n) is 9.17. The summed E-state index contributed by atoms with van der Waals surface area (Å²) in [6, 6.07) is 9.43. The van der Waals surface area contributed by atoms with Crippen molar-refractivity contribution >= 4 is 51.7 Å². The number of amides is 2. The number of nitrogens with one attached hydrogen (secondary N) is 1. The van der Waals surface area contributed by atoms with E-state index in [9.17, 15) is 9.59 Å². The standard InChI is InChI=1S/C25H22ClN5O3S/c1-2-21(32)30-9-8-25(13-30)10-15(11-25)31-17-5-3-4-16(26)22(17)28-24(31)29-23(33)20-7-6-19(35-20)18-12-27-14-34-18/h2-7,12,14-15H,1,8-11,13H2,(H,28,29,33)/t15-,25-. The molecular weight excluding hydrogens is 486 g/mol. The van der Waals surface area contributed by atoms with Gasteiger partial charge in [-0.25, -0.2) is 9.97 Å². The predicted octanol–water partition coefficient (Wildman–Crippen LogP) is 5.40. The summed E-state index contributed by atoms with van der Waals surface area (Å²) in [5.41, 5.74) is 1.64. The maximum Gasteiger partial charge on any atom is 0.268 e. The summed E-state index contributed by atoms with van der Waals surface area (Å²) in [6.07, 6.45) is 7.15. The van der Waals surface area contributed by atoms with Gasteiger partial charge in [0.05, 0.1) is 26.5 Å². The van der Waals surface area contributed by atoms with Gasteiger partial charge < -0.3 is 13.9 Å². The smallest absolute Gasteiger partial charge is 0.268 e. The Balaban J connectivity index is 1.27. The van der Waals surface area contributed by atoms with Gasteiger partial charge in [-0.3, -0.25) is 14.9 Å². The first-order chi connectivity index (χ1) is 17.0. The Labute approximate surface area is 210 Å². The first-order valence-electron chi connectivity index (χ1n) is 11.3. The molecule has 1 saturated carbocycles. The molecule has 2 fully saturated rings. The van der Waals surface area contributed by atoms with Crippen LogP contribution in [0.15, 0.2) is 60.0 Å². The van der Waals surface area contributed by atoms with Crippen LogP contribution in [0.5, 0.6) is 0 Å². The SMILES string of the molecule is C=CC(=O)N1CC[C@]2(C1)C[C@H](n1c(NC(=O)c3ccc(-c4cnco4)s3)nc3c(Cl)cccc31)C2. The zero-order chi connectivity index (χ0) is 24.2. The van der Waals surface area contributed by atoms with Gasteiger partial charge in [0.15, 0.2) is 12.2 Å². The number of imidazole rings is 1. The van der Waals surface area contributed by atoms with Gasteiger partial charge in [0.2, 0.25) is 11.9 Å². The van der Waals surface area contributed by atoms with Crippen LogP contribution in [-0.2, 0) is 4.79 Å². The first kappa shape index (κ1) is 22.1. The summed E-state index contributed by atoms with van der Waals surface area (Å²) in [5.74, 6) is 0.836. The molecule has 3 aromatic heterocycles. The van der Waals surface area contributed by atoms with E-state index >= 15 is 0 Å². The molecule has 2 amide bonds. The second kappa shape index (κ2) is 8.35. The molecule has 0 radical (unpaired) electrons. The fraction of sp³-hybridized carbons (Fsp3) is 0.280. The first-order valence-corrected chi connectivity index (χ1v) is 12.5. The van der Waals surface area contributed by atoms with E-state index in [-0.39, 0.29) is 23.3 Å². The number of benzene rings is 1. The van der Waals surface area contributed by atoms with Crippen molar-refractivity contribution in [3.05, 3.63) is 65.5 Å². The molecule has 1 N–H and O–H groups in total. The summed E-state index contributed by atoms with van der Waals surface area (Å²) in [4.78, 5) is 37.1. The van der Waals surface area contributed by atoms with Gasteiger partial charge in [-0.05, 0) is 55.0 Å². The van der Waals surface area contributed by atoms with Gasteiger partial charge >= 0.3 is 0 Å². The van der Waals surface area contributed by atoms with E-state index in [4.69, 9.17) is 21.0 Å². The Morgan fingerprint density at radius 1 is 1.29 bits per heavy atom. The van der Waals surface area contributed by atoms with Crippen LogP contribution in [0, 0.1) is 5.41 Å². The lowest BCUT2D eigenvalue weighted by atomic mass is 9.65. The van der Waals surface area contributed by atoms with Crippen LogP contribution in [0.1, 0.15) is 35.0 Å². The molecule has 0 atom stereocenters. The molecule has 0 unspecified atom stereocenters. The van der Waals surface area contributed by atoms with Crippen LogP contribution in [0.2, 0.25) is 5.02 Å². The van der Waals surface area contributed by atoms with Crippen LogP contribution < -0.4 is 5.32 Å². The number of aromatic nitrogens is 3. The molecule has 1 aliphatic carbocycles. The van der Waals surface area contributed by atoms with Crippen molar-refractivity contribution in [1.29, 1.82) is 0 Å². The van der Waals surface area contributed by atoms with Crippen molar-refractivity contribution in [1.82, 2.24) is 19.4 Å². The largest absolute Gasteiger partial charge is 0.443 e.